The van der Waals surface area contributed by atoms with E-state index in [1.165, 1.54) is 0 Å². The van der Waals surface area contributed by atoms with E-state index in [1.54, 1.807) is 6.20 Å². The quantitative estimate of drug-likeness (QED) is 0.599. The number of hydrogen-bond acceptors (Lipinski definition) is 3. The van der Waals surface area contributed by atoms with E-state index >= 15 is 0 Å². The molecule has 0 atom stereocenters. The zero-order valence-electron chi connectivity index (χ0n) is 17.7. The van der Waals surface area contributed by atoms with Crippen molar-refractivity contribution in [1.82, 2.24) is 15.1 Å². The molecule has 2 aromatic carbocycles. The Kier molecular flexibility index (Phi) is 7.01. The topological polar surface area (TPSA) is 76.0 Å². The van der Waals surface area contributed by atoms with Gasteiger partial charge >= 0.3 is 0 Å². The Labute approximate surface area is 177 Å². The third-order valence-corrected chi connectivity index (χ3v) is 4.73. The molecule has 3 aromatic rings. The number of rotatable bonds is 8. The highest BCUT2D eigenvalue weighted by molar-refractivity contribution is 6.05. The Morgan fingerprint density at radius 1 is 1.00 bits per heavy atom. The summed E-state index contributed by atoms with van der Waals surface area (Å²) >= 11 is 0. The van der Waals surface area contributed by atoms with Gasteiger partial charge in [0.05, 0.1) is 30.4 Å². The average Bonchev–Trinajstić information content (AvgIpc) is 3.12. The maximum atomic E-state index is 12.8. The van der Waals surface area contributed by atoms with Crippen LogP contribution in [-0.4, -0.2) is 27.6 Å². The normalized spacial score (nSPS) is 10.8. The van der Waals surface area contributed by atoms with Gasteiger partial charge in [-0.15, -0.1) is 0 Å². The summed E-state index contributed by atoms with van der Waals surface area (Å²) in [5.41, 5.74) is 4.20. The molecule has 0 spiro atoms. The highest BCUT2D eigenvalue weighted by atomic mass is 16.2. The molecule has 6 heteroatoms. The number of nitrogens with zero attached hydrogens (tertiary/aromatic N) is 2. The third-order valence-electron chi connectivity index (χ3n) is 4.73. The molecule has 1 aromatic heterocycles. The first-order chi connectivity index (χ1) is 14.5. The molecule has 0 unspecified atom stereocenters. The fourth-order valence-corrected chi connectivity index (χ4v) is 3.33. The van der Waals surface area contributed by atoms with Crippen molar-refractivity contribution in [3.63, 3.8) is 0 Å². The highest BCUT2D eigenvalue weighted by Gasteiger charge is 2.16. The maximum absolute atomic E-state index is 12.8. The monoisotopic (exact) mass is 404 g/mol. The van der Waals surface area contributed by atoms with Crippen LogP contribution < -0.4 is 10.6 Å². The van der Waals surface area contributed by atoms with Crippen molar-refractivity contribution < 1.29 is 9.59 Å². The van der Waals surface area contributed by atoms with Gasteiger partial charge < -0.3 is 10.6 Å². The Bertz CT molecular complexity index is 992. The van der Waals surface area contributed by atoms with Gasteiger partial charge in [0.1, 0.15) is 0 Å². The summed E-state index contributed by atoms with van der Waals surface area (Å²) in [6.07, 6.45) is 2.65. The number of carbonyl (C=O) groups is 2. The lowest BCUT2D eigenvalue weighted by Gasteiger charge is -2.10. The van der Waals surface area contributed by atoms with Crippen molar-refractivity contribution in [2.75, 3.05) is 5.32 Å². The lowest BCUT2D eigenvalue weighted by Crippen LogP contribution is -2.31. The first kappa shape index (κ1) is 21.3. The first-order valence-electron chi connectivity index (χ1n) is 10.2. The van der Waals surface area contributed by atoms with Gasteiger partial charge in [-0.05, 0) is 43.5 Å². The molecule has 156 valence electrons. The van der Waals surface area contributed by atoms with Gasteiger partial charge in [0.2, 0.25) is 5.91 Å². The molecule has 0 radical (unpaired) electrons. The smallest absolute Gasteiger partial charge is 0.259 e. The summed E-state index contributed by atoms with van der Waals surface area (Å²) in [4.78, 5) is 24.7. The number of carbonyl (C=O) groups excluding carboxylic acids is 2. The number of benzene rings is 2. The molecular weight excluding hydrogens is 376 g/mol. The second-order valence-corrected chi connectivity index (χ2v) is 7.55. The second kappa shape index (κ2) is 9.87. The Morgan fingerprint density at radius 3 is 2.33 bits per heavy atom. The van der Waals surface area contributed by atoms with Crippen molar-refractivity contribution in [3.8, 4) is 0 Å². The van der Waals surface area contributed by atoms with Crippen molar-refractivity contribution in [1.29, 1.82) is 0 Å². The molecule has 0 aliphatic heterocycles. The van der Waals surface area contributed by atoms with Crippen LogP contribution >= 0.6 is 0 Å². The Hall–Kier alpha value is -3.41. The van der Waals surface area contributed by atoms with Crippen LogP contribution in [0.15, 0.2) is 60.8 Å². The molecule has 0 bridgehead atoms. The SMILES string of the molecule is CCc1c(C(=O)Nc2ccc(CC(=O)NC(C)C)cc2)cnn1Cc1ccccc1. The van der Waals surface area contributed by atoms with E-state index < -0.39 is 0 Å². The zero-order valence-corrected chi connectivity index (χ0v) is 17.7. The summed E-state index contributed by atoms with van der Waals surface area (Å²) in [5, 5.41) is 10.2. The summed E-state index contributed by atoms with van der Waals surface area (Å²) < 4.78 is 1.88. The number of nitrogens with one attached hydrogen (secondary N) is 2. The van der Waals surface area contributed by atoms with Crippen molar-refractivity contribution >= 4 is 17.5 Å². The molecule has 0 fully saturated rings. The minimum Gasteiger partial charge on any atom is -0.354 e. The first-order valence-corrected chi connectivity index (χ1v) is 10.2. The lowest BCUT2D eigenvalue weighted by atomic mass is 10.1. The summed E-state index contributed by atoms with van der Waals surface area (Å²) in [5.74, 6) is -0.198. The van der Waals surface area contributed by atoms with Gasteiger partial charge in [0.15, 0.2) is 0 Å². The summed E-state index contributed by atoms with van der Waals surface area (Å²) in [6.45, 7) is 6.52. The lowest BCUT2D eigenvalue weighted by molar-refractivity contribution is -0.120. The van der Waals surface area contributed by atoms with E-state index in [9.17, 15) is 9.59 Å². The van der Waals surface area contributed by atoms with Crippen LogP contribution in [0.3, 0.4) is 0 Å². The van der Waals surface area contributed by atoms with Crippen LogP contribution in [0.4, 0.5) is 5.69 Å². The zero-order chi connectivity index (χ0) is 21.5. The fourth-order valence-electron chi connectivity index (χ4n) is 3.33. The van der Waals surface area contributed by atoms with Crippen LogP contribution in [0.5, 0.6) is 0 Å². The molecule has 2 N–H and O–H groups in total. The van der Waals surface area contributed by atoms with Crippen molar-refractivity contribution in [2.45, 2.75) is 46.2 Å². The van der Waals surface area contributed by atoms with E-state index in [0.717, 1.165) is 16.8 Å². The molecule has 0 saturated heterocycles. The van der Waals surface area contributed by atoms with Gasteiger partial charge in [-0.3, -0.25) is 14.3 Å². The van der Waals surface area contributed by atoms with Gasteiger partial charge in [-0.25, -0.2) is 0 Å². The molecule has 0 saturated carbocycles. The van der Waals surface area contributed by atoms with Crippen molar-refractivity contribution in [3.05, 3.63) is 83.2 Å². The second-order valence-electron chi connectivity index (χ2n) is 7.55. The molecule has 1 heterocycles. The van der Waals surface area contributed by atoms with E-state index in [4.69, 9.17) is 0 Å². The number of aromatic nitrogens is 2. The predicted molar refractivity (Wildman–Crippen MR) is 119 cm³/mol. The molecule has 30 heavy (non-hydrogen) atoms. The minimum absolute atomic E-state index is 0.0137. The van der Waals surface area contributed by atoms with E-state index in [1.807, 2.05) is 80.1 Å². The molecule has 0 aliphatic carbocycles. The summed E-state index contributed by atoms with van der Waals surface area (Å²) in [6, 6.07) is 17.5. The van der Waals surface area contributed by atoms with Crippen molar-refractivity contribution in [2.24, 2.45) is 0 Å². The highest BCUT2D eigenvalue weighted by Crippen LogP contribution is 2.16. The van der Waals surface area contributed by atoms with Crippen LogP contribution in [0.2, 0.25) is 0 Å². The predicted octanol–water partition coefficient (Wildman–Crippen LogP) is 3.81. The van der Waals surface area contributed by atoms with E-state index in [2.05, 4.69) is 15.7 Å². The van der Waals surface area contributed by atoms with Crippen LogP contribution in [0.1, 0.15) is 48.0 Å². The average molecular weight is 405 g/mol. The Balaban J connectivity index is 1.66. The van der Waals surface area contributed by atoms with Gasteiger partial charge in [0, 0.05) is 11.7 Å². The third kappa shape index (κ3) is 5.56. The van der Waals surface area contributed by atoms with Crippen LogP contribution in [0, 0.1) is 0 Å². The largest absolute Gasteiger partial charge is 0.354 e. The maximum Gasteiger partial charge on any atom is 0.259 e. The van der Waals surface area contributed by atoms with E-state index in [-0.39, 0.29) is 17.9 Å². The Morgan fingerprint density at radius 2 is 1.70 bits per heavy atom. The molecule has 2 amide bonds. The standard InChI is InChI=1S/C24H28N4O2/c1-4-22-21(15-25-28(22)16-19-8-6-5-7-9-19)24(30)27-20-12-10-18(11-13-20)14-23(29)26-17(2)3/h5-13,15,17H,4,14,16H2,1-3H3,(H,26,29)(H,27,30). The molecule has 0 aliphatic rings. The van der Waals surface area contributed by atoms with Gasteiger partial charge in [-0.1, -0.05) is 49.4 Å². The molecule has 3 rings (SSSR count). The van der Waals surface area contributed by atoms with Gasteiger partial charge in [0.25, 0.3) is 5.91 Å². The molecular formula is C24H28N4O2. The number of hydrogen-bond donors (Lipinski definition) is 2. The van der Waals surface area contributed by atoms with Crippen LogP contribution in [-0.2, 0) is 24.2 Å². The minimum atomic E-state index is -0.184. The molecule has 6 nitrogen and oxygen atoms in total. The fraction of sp³-hybridized carbons (Fsp3) is 0.292. The summed E-state index contributed by atoms with van der Waals surface area (Å²) in [7, 11) is 0. The van der Waals surface area contributed by atoms with Gasteiger partial charge in [-0.2, -0.15) is 5.10 Å². The van der Waals surface area contributed by atoms with E-state index in [0.29, 0.717) is 30.6 Å². The number of anilines is 1. The number of amides is 2. The van der Waals surface area contributed by atoms with Crippen LogP contribution in [0.25, 0.3) is 0 Å².